The lowest BCUT2D eigenvalue weighted by Gasteiger charge is -2.31. The van der Waals surface area contributed by atoms with Gasteiger partial charge in [0.15, 0.2) is 0 Å². The number of hydrogen-bond acceptors (Lipinski definition) is 2. The number of thioether (sulfide) groups is 2. The van der Waals surface area contributed by atoms with Crippen molar-refractivity contribution >= 4 is 33.3 Å². The molecule has 0 spiro atoms. The van der Waals surface area contributed by atoms with E-state index in [2.05, 4.69) is 170 Å². The molecular weight excluding hydrogens is 545 g/mol. The number of benzene rings is 6. The van der Waals surface area contributed by atoms with Crippen LogP contribution in [0.2, 0.25) is 0 Å². The van der Waals surface area contributed by atoms with Gasteiger partial charge in [0.05, 0.1) is 9.49 Å². The summed E-state index contributed by atoms with van der Waals surface area (Å²) in [4.78, 5) is 2.70. The summed E-state index contributed by atoms with van der Waals surface area (Å²) in [5.41, 5.74) is 10.6. The summed E-state index contributed by atoms with van der Waals surface area (Å²) in [5, 5.41) is 0. The van der Waals surface area contributed by atoms with E-state index in [0.717, 1.165) is 0 Å². The van der Waals surface area contributed by atoms with Crippen LogP contribution in [0.15, 0.2) is 170 Å². The molecule has 0 saturated carbocycles. The Balaban J connectivity index is 1.44. The van der Waals surface area contributed by atoms with Crippen LogP contribution in [0.4, 0.5) is 0 Å². The third-order valence-electron chi connectivity index (χ3n) is 8.54. The molecule has 0 saturated heterocycles. The molecule has 0 aromatic heterocycles. The van der Waals surface area contributed by atoms with Crippen molar-refractivity contribution in [3.63, 3.8) is 0 Å². The van der Waals surface area contributed by atoms with Gasteiger partial charge < -0.3 is 0 Å². The minimum atomic E-state index is -0.346. The highest BCUT2D eigenvalue weighted by molar-refractivity contribution is 8.15. The Hall–Kier alpha value is -4.24. The second kappa shape index (κ2) is 10.2. The SMILES string of the molecule is c1ccc(C2(c3ccccc3)S/C(=C3/SC(c4ccccc4)(c4ccccc4)c4ccccc43)c3ccccc32)cc1. The summed E-state index contributed by atoms with van der Waals surface area (Å²) in [5.74, 6) is 0. The fraction of sp³-hybridized carbons (Fsp3) is 0.0500. The predicted octanol–water partition coefficient (Wildman–Crippen LogP) is 10.6. The summed E-state index contributed by atoms with van der Waals surface area (Å²) in [6, 6.07) is 62.2. The zero-order valence-corrected chi connectivity index (χ0v) is 24.6. The molecule has 200 valence electrons. The van der Waals surface area contributed by atoms with Gasteiger partial charge in [-0.15, -0.1) is 23.5 Å². The summed E-state index contributed by atoms with van der Waals surface area (Å²) in [6.45, 7) is 0. The fourth-order valence-electron chi connectivity index (χ4n) is 6.72. The van der Waals surface area contributed by atoms with Crippen molar-refractivity contribution in [2.75, 3.05) is 0 Å². The van der Waals surface area contributed by atoms with Crippen LogP contribution in [0.3, 0.4) is 0 Å². The van der Waals surface area contributed by atoms with E-state index in [9.17, 15) is 0 Å². The first kappa shape index (κ1) is 25.5. The van der Waals surface area contributed by atoms with Crippen molar-refractivity contribution in [1.82, 2.24) is 0 Å². The summed E-state index contributed by atoms with van der Waals surface area (Å²) in [6.07, 6.45) is 0. The van der Waals surface area contributed by atoms with E-state index in [1.54, 1.807) is 0 Å². The van der Waals surface area contributed by atoms with E-state index < -0.39 is 0 Å². The van der Waals surface area contributed by atoms with Gasteiger partial charge in [0, 0.05) is 9.81 Å². The van der Waals surface area contributed by atoms with Crippen molar-refractivity contribution in [2.45, 2.75) is 9.49 Å². The van der Waals surface area contributed by atoms with Gasteiger partial charge in [0.2, 0.25) is 0 Å². The van der Waals surface area contributed by atoms with Crippen LogP contribution in [0.5, 0.6) is 0 Å². The molecule has 0 unspecified atom stereocenters. The van der Waals surface area contributed by atoms with Gasteiger partial charge in [-0.1, -0.05) is 170 Å². The average molecular weight is 573 g/mol. The largest absolute Gasteiger partial charge is 0.103 e. The first-order chi connectivity index (χ1) is 20.8. The first-order valence-corrected chi connectivity index (χ1v) is 16.0. The van der Waals surface area contributed by atoms with Gasteiger partial charge in [-0.3, -0.25) is 0 Å². The Bertz CT molecular complexity index is 1690. The van der Waals surface area contributed by atoms with Crippen LogP contribution in [0.25, 0.3) is 9.81 Å². The van der Waals surface area contributed by atoms with Gasteiger partial charge in [-0.05, 0) is 44.5 Å². The predicted molar refractivity (Wildman–Crippen MR) is 180 cm³/mol. The Labute approximate surface area is 256 Å². The molecule has 0 fully saturated rings. The number of hydrogen-bond donors (Lipinski definition) is 0. The fourth-order valence-corrected chi connectivity index (χ4v) is 10.2. The van der Waals surface area contributed by atoms with Gasteiger partial charge >= 0.3 is 0 Å². The lowest BCUT2D eigenvalue weighted by Crippen LogP contribution is -2.22. The summed E-state index contributed by atoms with van der Waals surface area (Å²) in [7, 11) is 0. The maximum atomic E-state index is 2.34. The highest BCUT2D eigenvalue weighted by atomic mass is 32.2. The molecule has 6 aromatic rings. The standard InChI is InChI=1S/C40H28S2/c1-5-17-29(18-6-1)39(30-19-7-2-8-20-30)35-27-15-13-25-33(35)37(41-39)38-34-26-14-16-28-36(34)40(42-38,31-21-9-3-10-22-31)32-23-11-4-12-24-32/h1-28H/b38-37+. The van der Waals surface area contributed by atoms with Crippen LogP contribution in [-0.4, -0.2) is 0 Å². The highest BCUT2D eigenvalue weighted by Gasteiger charge is 2.50. The zero-order chi connectivity index (χ0) is 28.0. The molecule has 42 heavy (non-hydrogen) atoms. The van der Waals surface area contributed by atoms with Crippen molar-refractivity contribution in [3.8, 4) is 0 Å². The molecule has 2 aliphatic heterocycles. The third-order valence-corrected chi connectivity index (χ3v) is 11.9. The third kappa shape index (κ3) is 3.72. The number of fused-ring (bicyclic) bond motifs is 2. The Morgan fingerprint density at radius 2 is 0.548 bits per heavy atom. The van der Waals surface area contributed by atoms with Crippen LogP contribution >= 0.6 is 23.5 Å². The average Bonchev–Trinajstić information content (AvgIpc) is 3.62. The molecule has 8 rings (SSSR count). The molecule has 0 N–H and O–H groups in total. The lowest BCUT2D eigenvalue weighted by atomic mass is 9.81. The normalized spacial score (nSPS) is 17.9. The topological polar surface area (TPSA) is 0 Å². The maximum absolute atomic E-state index is 2.34. The minimum absolute atomic E-state index is 0.346. The molecule has 0 aliphatic carbocycles. The van der Waals surface area contributed by atoms with Gasteiger partial charge in [-0.25, -0.2) is 0 Å². The Morgan fingerprint density at radius 3 is 0.857 bits per heavy atom. The van der Waals surface area contributed by atoms with E-state index in [0.29, 0.717) is 0 Å². The molecule has 0 atom stereocenters. The molecule has 0 nitrogen and oxygen atoms in total. The van der Waals surface area contributed by atoms with Gasteiger partial charge in [-0.2, -0.15) is 0 Å². The Kier molecular flexibility index (Phi) is 6.21. The monoisotopic (exact) mass is 572 g/mol. The second-order valence-electron chi connectivity index (χ2n) is 10.8. The van der Waals surface area contributed by atoms with Crippen molar-refractivity contribution < 1.29 is 0 Å². The molecule has 6 aromatic carbocycles. The highest BCUT2D eigenvalue weighted by Crippen LogP contribution is 2.69. The smallest absolute Gasteiger partial charge is 0.0960 e. The molecule has 0 bridgehead atoms. The maximum Gasteiger partial charge on any atom is 0.0960 e. The second-order valence-corrected chi connectivity index (χ2v) is 13.2. The van der Waals surface area contributed by atoms with E-state index in [-0.39, 0.29) is 9.49 Å². The molecule has 2 heteroatoms. The molecule has 2 aliphatic rings. The minimum Gasteiger partial charge on any atom is -0.103 e. The van der Waals surface area contributed by atoms with Crippen molar-refractivity contribution in [2.24, 2.45) is 0 Å². The molecule has 2 heterocycles. The van der Waals surface area contributed by atoms with E-state index in [4.69, 9.17) is 0 Å². The van der Waals surface area contributed by atoms with Gasteiger partial charge in [0.25, 0.3) is 0 Å². The summed E-state index contributed by atoms with van der Waals surface area (Å²) >= 11 is 4.01. The van der Waals surface area contributed by atoms with E-state index >= 15 is 0 Å². The van der Waals surface area contributed by atoms with Crippen molar-refractivity contribution in [3.05, 3.63) is 214 Å². The summed E-state index contributed by atoms with van der Waals surface area (Å²) < 4.78 is -0.691. The first-order valence-electron chi connectivity index (χ1n) is 14.4. The molecular formula is C40H28S2. The lowest BCUT2D eigenvalue weighted by molar-refractivity contribution is 0.907. The number of rotatable bonds is 4. The zero-order valence-electron chi connectivity index (χ0n) is 23.0. The van der Waals surface area contributed by atoms with Gasteiger partial charge in [0.1, 0.15) is 0 Å². The molecule has 0 radical (unpaired) electrons. The quantitative estimate of drug-likeness (QED) is 0.206. The van der Waals surface area contributed by atoms with E-state index in [1.165, 1.54) is 54.3 Å². The molecule has 0 amide bonds. The Morgan fingerprint density at radius 1 is 0.286 bits per heavy atom. The van der Waals surface area contributed by atoms with Crippen LogP contribution in [0.1, 0.15) is 44.5 Å². The van der Waals surface area contributed by atoms with Crippen LogP contribution < -0.4 is 0 Å². The van der Waals surface area contributed by atoms with Crippen molar-refractivity contribution in [1.29, 1.82) is 0 Å². The van der Waals surface area contributed by atoms with Crippen LogP contribution in [0, 0.1) is 0 Å². The van der Waals surface area contributed by atoms with E-state index in [1.807, 2.05) is 23.5 Å². The van der Waals surface area contributed by atoms with Crippen LogP contribution in [-0.2, 0) is 9.49 Å².